The number of non-ortho nitro benzene ring substituents is 1. The SMILES string of the molecule is COc1cc(OC)cc(C(CC(=O)N2CCN(c3ccc([N+](=O)[O-])cc3)CC2)c2cnc3c(OCc4ccccc4)cccn23)c1. The second-order valence-electron chi connectivity index (χ2n) is 11.1. The van der Waals surface area contributed by atoms with Crippen LogP contribution in [0.1, 0.15) is 29.2 Å². The van der Waals surface area contributed by atoms with Gasteiger partial charge in [0.2, 0.25) is 5.91 Å². The number of piperazine rings is 1. The number of imidazole rings is 1. The van der Waals surface area contributed by atoms with E-state index in [0.29, 0.717) is 55.7 Å². The standard InChI is InChI=1S/C35H35N5O6/c1-44-29-19-26(20-30(21-29)45-2)31(22-34(41)38-17-15-37(16-18-38)27-10-12-28(13-11-27)40(42)43)32-23-36-35-33(9-6-14-39(32)35)46-24-25-7-4-3-5-8-25/h3-14,19-21,23,31H,15-18,22,24H2,1-2H3. The van der Waals surface area contributed by atoms with Crippen molar-refractivity contribution < 1.29 is 23.9 Å². The van der Waals surface area contributed by atoms with Crippen LogP contribution in [0.5, 0.6) is 17.2 Å². The summed E-state index contributed by atoms with van der Waals surface area (Å²) in [7, 11) is 3.21. The Morgan fingerprint density at radius 1 is 0.913 bits per heavy atom. The average Bonchev–Trinajstić information content (AvgIpc) is 3.54. The number of rotatable bonds is 11. The van der Waals surface area contributed by atoms with Gasteiger partial charge in [-0.1, -0.05) is 30.3 Å². The molecule has 0 radical (unpaired) electrons. The fourth-order valence-corrected chi connectivity index (χ4v) is 5.84. The van der Waals surface area contributed by atoms with E-state index in [2.05, 4.69) is 4.90 Å². The molecule has 1 aliphatic rings. The first-order valence-electron chi connectivity index (χ1n) is 15.1. The highest BCUT2D eigenvalue weighted by atomic mass is 16.6. The normalized spacial score (nSPS) is 13.8. The van der Waals surface area contributed by atoms with Crippen LogP contribution in [0, 0.1) is 10.1 Å². The number of nitro groups is 1. The first-order valence-corrected chi connectivity index (χ1v) is 15.1. The molecule has 1 amide bonds. The van der Waals surface area contributed by atoms with E-state index in [1.54, 1.807) is 32.5 Å². The molecular formula is C35H35N5O6. The van der Waals surface area contributed by atoms with Crippen LogP contribution in [0.2, 0.25) is 0 Å². The lowest BCUT2D eigenvalue weighted by Gasteiger charge is -2.36. The van der Waals surface area contributed by atoms with Crippen molar-refractivity contribution in [1.82, 2.24) is 14.3 Å². The summed E-state index contributed by atoms with van der Waals surface area (Å²) in [6, 6.07) is 26.0. The molecule has 0 spiro atoms. The van der Waals surface area contributed by atoms with Crippen LogP contribution in [0.3, 0.4) is 0 Å². The van der Waals surface area contributed by atoms with Gasteiger partial charge in [0.05, 0.1) is 24.8 Å². The third-order valence-electron chi connectivity index (χ3n) is 8.34. The van der Waals surface area contributed by atoms with Crippen LogP contribution in [0.15, 0.2) is 97.3 Å². The van der Waals surface area contributed by atoms with Crippen LogP contribution in [-0.4, -0.2) is 65.5 Å². The number of aromatic nitrogens is 2. The number of carbonyl (C=O) groups excluding carboxylic acids is 1. The minimum Gasteiger partial charge on any atom is -0.497 e. The van der Waals surface area contributed by atoms with Gasteiger partial charge in [-0.15, -0.1) is 0 Å². The molecule has 46 heavy (non-hydrogen) atoms. The monoisotopic (exact) mass is 621 g/mol. The van der Waals surface area contributed by atoms with Gasteiger partial charge in [0.1, 0.15) is 18.1 Å². The molecule has 1 fully saturated rings. The van der Waals surface area contributed by atoms with Crippen molar-refractivity contribution in [2.45, 2.75) is 18.9 Å². The summed E-state index contributed by atoms with van der Waals surface area (Å²) in [6.45, 7) is 2.73. The number of anilines is 1. The van der Waals surface area contributed by atoms with E-state index >= 15 is 0 Å². The van der Waals surface area contributed by atoms with E-state index in [-0.39, 0.29) is 23.9 Å². The summed E-state index contributed by atoms with van der Waals surface area (Å²) in [5.41, 5.74) is 4.38. The molecule has 0 saturated carbocycles. The summed E-state index contributed by atoms with van der Waals surface area (Å²) in [4.78, 5) is 33.3. The number of carbonyl (C=O) groups is 1. The predicted molar refractivity (Wildman–Crippen MR) is 174 cm³/mol. The first kappa shape index (κ1) is 30.4. The lowest BCUT2D eigenvalue weighted by molar-refractivity contribution is -0.384. The molecule has 3 heterocycles. The molecule has 11 nitrogen and oxygen atoms in total. The Morgan fingerprint density at radius 2 is 1.61 bits per heavy atom. The number of nitrogens with zero attached hydrogens (tertiary/aromatic N) is 5. The number of amides is 1. The lowest BCUT2D eigenvalue weighted by atomic mass is 9.91. The quantitative estimate of drug-likeness (QED) is 0.136. The number of methoxy groups -OCH3 is 2. The Hall–Kier alpha value is -5.58. The van der Waals surface area contributed by atoms with Gasteiger partial charge < -0.3 is 28.4 Å². The minimum atomic E-state index is -0.406. The Morgan fingerprint density at radius 3 is 2.26 bits per heavy atom. The van der Waals surface area contributed by atoms with E-state index < -0.39 is 4.92 Å². The van der Waals surface area contributed by atoms with Crippen molar-refractivity contribution in [2.75, 3.05) is 45.3 Å². The number of nitro benzene ring substituents is 1. The van der Waals surface area contributed by atoms with Gasteiger partial charge in [-0.25, -0.2) is 4.98 Å². The Kier molecular flexibility index (Phi) is 9.00. The van der Waals surface area contributed by atoms with Gasteiger partial charge in [-0.3, -0.25) is 14.9 Å². The minimum absolute atomic E-state index is 0.0153. The topological polar surface area (TPSA) is 112 Å². The van der Waals surface area contributed by atoms with Crippen LogP contribution < -0.4 is 19.1 Å². The number of ether oxygens (including phenoxy) is 3. The summed E-state index contributed by atoms with van der Waals surface area (Å²) < 4.78 is 19.3. The molecule has 1 saturated heterocycles. The smallest absolute Gasteiger partial charge is 0.269 e. The Bertz CT molecular complexity index is 1790. The fourth-order valence-electron chi connectivity index (χ4n) is 5.84. The van der Waals surface area contributed by atoms with E-state index in [1.807, 2.05) is 76.2 Å². The molecule has 6 rings (SSSR count). The van der Waals surface area contributed by atoms with Crippen LogP contribution in [0.25, 0.3) is 5.65 Å². The molecule has 1 atom stereocenters. The summed E-state index contributed by atoms with van der Waals surface area (Å²) in [6.07, 6.45) is 3.95. The summed E-state index contributed by atoms with van der Waals surface area (Å²) >= 11 is 0. The largest absolute Gasteiger partial charge is 0.497 e. The Labute approximate surface area is 266 Å². The van der Waals surface area contributed by atoms with E-state index in [1.165, 1.54) is 12.1 Å². The van der Waals surface area contributed by atoms with Crippen LogP contribution in [0.4, 0.5) is 11.4 Å². The van der Waals surface area contributed by atoms with Gasteiger partial charge >= 0.3 is 0 Å². The molecule has 0 aliphatic carbocycles. The highest BCUT2D eigenvalue weighted by molar-refractivity contribution is 5.78. The number of pyridine rings is 1. The van der Waals surface area contributed by atoms with Gasteiger partial charge in [0, 0.05) is 74.8 Å². The third kappa shape index (κ3) is 6.58. The number of hydrogen-bond acceptors (Lipinski definition) is 8. The van der Waals surface area contributed by atoms with Crippen LogP contribution >= 0.6 is 0 Å². The Balaban J connectivity index is 1.25. The van der Waals surface area contributed by atoms with Gasteiger partial charge in [-0.2, -0.15) is 0 Å². The molecule has 0 N–H and O–H groups in total. The van der Waals surface area contributed by atoms with Crippen molar-refractivity contribution >= 4 is 22.9 Å². The molecule has 3 aromatic carbocycles. The fraction of sp³-hybridized carbons (Fsp3) is 0.257. The maximum absolute atomic E-state index is 13.9. The second kappa shape index (κ2) is 13.6. The van der Waals surface area contributed by atoms with Crippen molar-refractivity contribution in [3.63, 3.8) is 0 Å². The molecule has 1 unspecified atom stereocenters. The molecule has 1 aliphatic heterocycles. The zero-order chi connectivity index (χ0) is 32.0. The molecule has 2 aromatic heterocycles. The molecule has 5 aromatic rings. The number of fused-ring (bicyclic) bond motifs is 1. The van der Waals surface area contributed by atoms with Crippen molar-refractivity contribution in [1.29, 1.82) is 0 Å². The molecule has 236 valence electrons. The van der Waals surface area contributed by atoms with Gasteiger partial charge in [0.15, 0.2) is 11.4 Å². The van der Waals surface area contributed by atoms with Gasteiger partial charge in [-0.05, 0) is 47.5 Å². The maximum Gasteiger partial charge on any atom is 0.269 e. The predicted octanol–water partition coefficient (Wildman–Crippen LogP) is 5.71. The molecule has 0 bridgehead atoms. The van der Waals surface area contributed by atoms with Crippen molar-refractivity contribution in [3.8, 4) is 17.2 Å². The van der Waals surface area contributed by atoms with Crippen LogP contribution in [-0.2, 0) is 11.4 Å². The molecular weight excluding hydrogens is 586 g/mol. The summed E-state index contributed by atoms with van der Waals surface area (Å²) in [5, 5.41) is 11.0. The number of hydrogen-bond donors (Lipinski definition) is 0. The highest BCUT2D eigenvalue weighted by Gasteiger charge is 2.28. The second-order valence-corrected chi connectivity index (χ2v) is 11.1. The lowest BCUT2D eigenvalue weighted by Crippen LogP contribution is -2.49. The van der Waals surface area contributed by atoms with Crippen molar-refractivity contribution in [2.24, 2.45) is 0 Å². The zero-order valence-electron chi connectivity index (χ0n) is 25.7. The van der Waals surface area contributed by atoms with Gasteiger partial charge in [0.25, 0.3) is 5.69 Å². The van der Waals surface area contributed by atoms with E-state index in [9.17, 15) is 14.9 Å². The zero-order valence-corrected chi connectivity index (χ0v) is 25.7. The van der Waals surface area contributed by atoms with E-state index in [0.717, 1.165) is 22.5 Å². The van der Waals surface area contributed by atoms with E-state index in [4.69, 9.17) is 19.2 Å². The summed E-state index contributed by atoms with van der Waals surface area (Å²) in [5.74, 6) is 1.56. The number of benzene rings is 3. The van der Waals surface area contributed by atoms with Crippen molar-refractivity contribution in [3.05, 3.63) is 124 Å². The third-order valence-corrected chi connectivity index (χ3v) is 8.34. The maximum atomic E-state index is 13.9. The molecule has 11 heteroatoms. The first-order chi connectivity index (χ1) is 22.4. The average molecular weight is 622 g/mol. The highest BCUT2D eigenvalue weighted by Crippen LogP contribution is 2.36.